The van der Waals surface area contributed by atoms with Gasteiger partial charge in [0, 0.05) is 19.3 Å². The number of anilines is 1. The van der Waals surface area contributed by atoms with Crippen molar-refractivity contribution in [3.8, 4) is 0 Å². The smallest absolute Gasteiger partial charge is 0.167 e. The monoisotopic (exact) mass is 268 g/mol. The first-order valence-electron chi connectivity index (χ1n) is 6.13. The van der Waals surface area contributed by atoms with Gasteiger partial charge < -0.3 is 4.90 Å². The Morgan fingerprint density at radius 1 is 1.39 bits per heavy atom. The van der Waals surface area contributed by atoms with Crippen molar-refractivity contribution in [1.82, 2.24) is 4.98 Å². The normalized spacial score (nSPS) is 16.7. The molecule has 0 fully saturated rings. The molecule has 0 saturated carbocycles. The number of rotatable bonds is 1. The predicted molar refractivity (Wildman–Crippen MR) is 73.6 cm³/mol. The van der Waals surface area contributed by atoms with Gasteiger partial charge in [0.1, 0.15) is 0 Å². The van der Waals surface area contributed by atoms with Crippen LogP contribution >= 0.6 is 11.6 Å². The van der Waals surface area contributed by atoms with Crippen molar-refractivity contribution < 1.29 is 4.39 Å². The molecule has 0 saturated heterocycles. The lowest BCUT2D eigenvalue weighted by molar-refractivity contribution is 0.471. The summed E-state index contributed by atoms with van der Waals surface area (Å²) >= 11 is 5.71. The summed E-state index contributed by atoms with van der Waals surface area (Å²) in [4.78, 5) is 6.02. The fourth-order valence-electron chi connectivity index (χ4n) is 2.18. The molecule has 0 bridgehead atoms. The molecule has 0 unspecified atom stereocenters. The second kappa shape index (κ2) is 4.88. The van der Waals surface area contributed by atoms with Gasteiger partial charge >= 0.3 is 0 Å². The van der Waals surface area contributed by atoms with Crippen LogP contribution in [0.2, 0.25) is 5.02 Å². The molecular weight excluding hydrogens is 251 g/mol. The molecule has 2 rings (SSSR count). The van der Waals surface area contributed by atoms with Crippen LogP contribution in [0, 0.1) is 11.2 Å². The van der Waals surface area contributed by atoms with Gasteiger partial charge in [0.15, 0.2) is 11.6 Å². The van der Waals surface area contributed by atoms with E-state index in [-0.39, 0.29) is 11.2 Å². The highest BCUT2D eigenvalue weighted by Crippen LogP contribution is 2.31. The highest BCUT2D eigenvalue weighted by molar-refractivity contribution is 6.30. The molecule has 18 heavy (non-hydrogen) atoms. The minimum Gasteiger partial charge on any atom is -0.350 e. The second-order valence-electron chi connectivity index (χ2n) is 5.63. The van der Waals surface area contributed by atoms with E-state index >= 15 is 0 Å². The van der Waals surface area contributed by atoms with Crippen LogP contribution < -0.4 is 4.90 Å². The number of halogens is 2. The van der Waals surface area contributed by atoms with E-state index in [9.17, 15) is 4.39 Å². The van der Waals surface area contributed by atoms with E-state index in [1.54, 1.807) is 0 Å². The van der Waals surface area contributed by atoms with Gasteiger partial charge in [-0.15, -0.1) is 0 Å². The number of pyridine rings is 1. The van der Waals surface area contributed by atoms with Gasteiger partial charge in [-0.2, -0.15) is 0 Å². The summed E-state index contributed by atoms with van der Waals surface area (Å²) in [6.07, 6.45) is 4.62. The molecule has 0 N–H and O–H groups in total. The van der Waals surface area contributed by atoms with Gasteiger partial charge in [-0.25, -0.2) is 9.37 Å². The van der Waals surface area contributed by atoms with E-state index in [0.29, 0.717) is 17.4 Å². The molecule has 0 aromatic carbocycles. The molecule has 1 aliphatic rings. The van der Waals surface area contributed by atoms with Gasteiger partial charge in [-0.3, -0.25) is 0 Å². The van der Waals surface area contributed by atoms with Crippen LogP contribution in [0.15, 0.2) is 23.9 Å². The van der Waals surface area contributed by atoms with E-state index in [1.165, 1.54) is 17.8 Å². The number of nitrogens with zero attached hydrogens (tertiary/aromatic N) is 2. The topological polar surface area (TPSA) is 16.1 Å². The molecule has 0 atom stereocenters. The minimum atomic E-state index is -0.352. The first-order chi connectivity index (χ1) is 8.38. The van der Waals surface area contributed by atoms with Crippen molar-refractivity contribution in [2.45, 2.75) is 27.2 Å². The van der Waals surface area contributed by atoms with Crippen molar-refractivity contribution in [3.63, 3.8) is 0 Å². The maximum atomic E-state index is 13.8. The maximum Gasteiger partial charge on any atom is 0.167 e. The van der Waals surface area contributed by atoms with Crippen molar-refractivity contribution in [2.75, 3.05) is 18.0 Å². The third kappa shape index (κ3) is 2.83. The largest absolute Gasteiger partial charge is 0.350 e. The third-order valence-corrected chi connectivity index (χ3v) is 3.47. The van der Waals surface area contributed by atoms with Crippen LogP contribution in [-0.4, -0.2) is 18.1 Å². The van der Waals surface area contributed by atoms with E-state index < -0.39 is 0 Å². The fourth-order valence-corrected chi connectivity index (χ4v) is 2.33. The Hall–Kier alpha value is -1.09. The average Bonchev–Trinajstić information content (AvgIpc) is 2.28. The molecule has 1 aliphatic heterocycles. The van der Waals surface area contributed by atoms with Gasteiger partial charge in [0.25, 0.3) is 0 Å². The number of aromatic nitrogens is 1. The first-order valence-corrected chi connectivity index (χ1v) is 6.51. The second-order valence-corrected chi connectivity index (χ2v) is 6.07. The molecule has 0 amide bonds. The van der Waals surface area contributed by atoms with Crippen LogP contribution in [-0.2, 0) is 0 Å². The zero-order valence-corrected chi connectivity index (χ0v) is 11.8. The highest BCUT2D eigenvalue weighted by atomic mass is 35.5. The Morgan fingerprint density at radius 2 is 2.11 bits per heavy atom. The van der Waals surface area contributed by atoms with Crippen molar-refractivity contribution >= 4 is 17.4 Å². The Labute approximate surface area is 112 Å². The number of hydrogen-bond donors (Lipinski definition) is 0. The Balaban J connectivity index is 2.17. The summed E-state index contributed by atoms with van der Waals surface area (Å²) in [6, 6.07) is 1.31. The van der Waals surface area contributed by atoms with Crippen LogP contribution in [0.4, 0.5) is 10.2 Å². The average molecular weight is 269 g/mol. The van der Waals surface area contributed by atoms with Crippen molar-refractivity contribution in [1.29, 1.82) is 0 Å². The third-order valence-electron chi connectivity index (χ3n) is 3.26. The zero-order chi connectivity index (χ0) is 13.3. The van der Waals surface area contributed by atoms with E-state index in [0.717, 1.165) is 13.0 Å². The van der Waals surface area contributed by atoms with Crippen molar-refractivity contribution in [3.05, 3.63) is 34.8 Å². The predicted octanol–water partition coefficient (Wildman–Crippen LogP) is 4.06. The lowest BCUT2D eigenvalue weighted by atomic mass is 9.83. The summed E-state index contributed by atoms with van der Waals surface area (Å²) in [6.45, 7) is 8.12. The molecular formula is C14H18ClFN2. The highest BCUT2D eigenvalue weighted by Gasteiger charge is 2.23. The lowest BCUT2D eigenvalue weighted by Crippen LogP contribution is -2.32. The van der Waals surface area contributed by atoms with Gasteiger partial charge in [0.2, 0.25) is 0 Å². The van der Waals surface area contributed by atoms with Crippen LogP contribution in [0.3, 0.4) is 0 Å². The quantitative estimate of drug-likeness (QED) is 0.714. The lowest BCUT2D eigenvalue weighted by Gasteiger charge is -2.32. The summed E-state index contributed by atoms with van der Waals surface area (Å²) in [5, 5.41) is 0.333. The molecule has 2 heterocycles. The molecule has 4 heteroatoms. The van der Waals surface area contributed by atoms with Crippen LogP contribution in [0.1, 0.15) is 27.2 Å². The Morgan fingerprint density at radius 3 is 2.61 bits per heavy atom. The summed E-state index contributed by atoms with van der Waals surface area (Å²) in [7, 11) is 0. The zero-order valence-electron chi connectivity index (χ0n) is 11.0. The molecule has 1 aromatic heterocycles. The molecule has 1 aromatic rings. The van der Waals surface area contributed by atoms with Gasteiger partial charge in [0.05, 0.1) is 5.02 Å². The standard InChI is InChI=1S/C14H18ClFN2/c1-14(2,3)10-4-6-18(7-5-10)13-12(16)8-11(15)9-17-13/h4,8-9H,5-7H2,1-3H3. The number of hydrogen-bond acceptors (Lipinski definition) is 2. The summed E-state index contributed by atoms with van der Waals surface area (Å²) < 4.78 is 13.8. The van der Waals surface area contributed by atoms with Crippen LogP contribution in [0.25, 0.3) is 0 Å². The van der Waals surface area contributed by atoms with Crippen molar-refractivity contribution in [2.24, 2.45) is 5.41 Å². The first kappa shape index (κ1) is 13.3. The fraction of sp³-hybridized carbons (Fsp3) is 0.500. The maximum absolute atomic E-state index is 13.8. The molecule has 0 radical (unpaired) electrons. The Kier molecular flexibility index (Phi) is 3.62. The molecule has 2 nitrogen and oxygen atoms in total. The summed E-state index contributed by atoms with van der Waals surface area (Å²) in [5.41, 5.74) is 1.62. The Bertz CT molecular complexity index is 477. The van der Waals surface area contributed by atoms with Gasteiger partial charge in [-0.1, -0.05) is 44.0 Å². The van der Waals surface area contributed by atoms with Crippen LogP contribution in [0.5, 0.6) is 0 Å². The minimum absolute atomic E-state index is 0.193. The van der Waals surface area contributed by atoms with E-state index in [1.807, 2.05) is 4.90 Å². The molecule has 0 spiro atoms. The SMILES string of the molecule is CC(C)(C)C1=CCN(c2ncc(Cl)cc2F)CC1. The van der Waals surface area contributed by atoms with E-state index in [2.05, 4.69) is 31.8 Å². The molecule has 0 aliphatic carbocycles. The van der Waals surface area contributed by atoms with Gasteiger partial charge in [-0.05, 0) is 17.9 Å². The summed E-state index contributed by atoms with van der Waals surface area (Å²) in [5.74, 6) is 0.0405. The van der Waals surface area contributed by atoms with E-state index in [4.69, 9.17) is 11.6 Å². The molecule has 98 valence electrons.